The van der Waals surface area contributed by atoms with E-state index in [0.717, 1.165) is 4.88 Å². The molecule has 2 aromatic carbocycles. The summed E-state index contributed by atoms with van der Waals surface area (Å²) < 4.78 is 5.69. The Morgan fingerprint density at radius 1 is 1.30 bits per heavy atom. The third kappa shape index (κ3) is 5.24. The topological polar surface area (TPSA) is 127 Å². The van der Waals surface area contributed by atoms with Crippen molar-refractivity contribution in [2.24, 2.45) is 5.10 Å². The van der Waals surface area contributed by atoms with Crippen LogP contribution in [0, 0.1) is 10.1 Å². The first-order valence-electron chi connectivity index (χ1n) is 9.74. The number of nitrogens with zero attached hydrogens (tertiary/aromatic N) is 3. The number of carboxylic acid groups (broad SMARTS) is 1. The Morgan fingerprint density at radius 2 is 2.03 bits per heavy atom. The lowest BCUT2D eigenvalue weighted by molar-refractivity contribution is -0.385. The Balaban J connectivity index is 0.00000149. The van der Waals surface area contributed by atoms with Crippen LogP contribution in [0.15, 0.2) is 41.5 Å². The highest BCUT2D eigenvalue weighted by Crippen LogP contribution is 2.46. The average molecular weight is 509 g/mol. The predicted molar refractivity (Wildman–Crippen MR) is 129 cm³/mol. The fourth-order valence-electron chi connectivity index (χ4n) is 3.00. The minimum absolute atomic E-state index is 0.176. The van der Waals surface area contributed by atoms with Crippen LogP contribution >= 0.6 is 34.5 Å². The Labute approximate surface area is 202 Å². The van der Waals surface area contributed by atoms with Gasteiger partial charge in [0, 0.05) is 23.6 Å². The van der Waals surface area contributed by atoms with E-state index in [4.69, 9.17) is 27.9 Å². The number of ether oxygens (including phenoxy) is 1. The maximum atomic E-state index is 11.6. The number of carbonyl (C=O) groups is 1. The van der Waals surface area contributed by atoms with Crippen molar-refractivity contribution in [2.45, 2.75) is 26.9 Å². The van der Waals surface area contributed by atoms with E-state index in [1.807, 2.05) is 13.8 Å². The lowest BCUT2D eigenvalue weighted by Gasteiger charge is -2.17. The molecule has 0 saturated heterocycles. The summed E-state index contributed by atoms with van der Waals surface area (Å²) in [7, 11) is 0. The van der Waals surface area contributed by atoms with Crippen LogP contribution in [0.2, 0.25) is 10.0 Å². The Morgan fingerprint density at radius 3 is 2.73 bits per heavy atom. The highest BCUT2D eigenvalue weighted by Gasteiger charge is 2.25. The van der Waals surface area contributed by atoms with Gasteiger partial charge in [-0.3, -0.25) is 15.5 Å². The Kier molecular flexibility index (Phi) is 7.85. The number of rotatable bonds is 6. The number of anilines is 1. The largest absolute Gasteiger partial charge is 0.486 e. The third-order valence-electron chi connectivity index (χ3n) is 4.43. The van der Waals surface area contributed by atoms with Gasteiger partial charge in [0.1, 0.15) is 23.1 Å². The molecule has 0 fully saturated rings. The van der Waals surface area contributed by atoms with Gasteiger partial charge in [-0.1, -0.05) is 66.6 Å². The van der Waals surface area contributed by atoms with Gasteiger partial charge in [0.05, 0.1) is 20.5 Å². The number of nitrogens with one attached hydrogen (secondary N) is 1. The number of nitro benzene ring substituents is 1. The third-order valence-corrected chi connectivity index (χ3v) is 6.15. The van der Waals surface area contributed by atoms with Gasteiger partial charge in [-0.25, -0.2) is 9.78 Å². The van der Waals surface area contributed by atoms with Gasteiger partial charge in [0.2, 0.25) is 5.13 Å². The number of aromatic nitrogens is 1. The van der Waals surface area contributed by atoms with Gasteiger partial charge in [-0.2, -0.15) is 5.10 Å². The molecule has 0 spiro atoms. The molecule has 2 N–H and O–H groups in total. The van der Waals surface area contributed by atoms with Gasteiger partial charge >= 0.3 is 5.97 Å². The standard InChI is InChI=1S/C19H12Cl2N4O5S.C2H6/c20-11-6-5-10-16-14(8-30-17(10)15(11)21)31-19(22-16)24-23-12(18(26)27)7-9-3-1-2-4-13(9)25(28)29;1-2/h1-6H,7-8H2,(H,22,24)(H,26,27);1-2H3/b23-12+;. The van der Waals surface area contributed by atoms with Crippen molar-refractivity contribution in [1.29, 1.82) is 0 Å². The van der Waals surface area contributed by atoms with E-state index in [2.05, 4.69) is 15.5 Å². The molecule has 0 saturated carbocycles. The Hall–Kier alpha value is -3.21. The summed E-state index contributed by atoms with van der Waals surface area (Å²) in [6.45, 7) is 4.23. The molecule has 0 bridgehead atoms. The molecule has 1 aliphatic rings. The van der Waals surface area contributed by atoms with E-state index in [1.54, 1.807) is 18.2 Å². The zero-order valence-corrected chi connectivity index (χ0v) is 19.8. The Bertz CT molecular complexity index is 1250. The summed E-state index contributed by atoms with van der Waals surface area (Å²) in [5.41, 5.74) is 3.71. The van der Waals surface area contributed by atoms with E-state index >= 15 is 0 Å². The predicted octanol–water partition coefficient (Wildman–Crippen LogP) is 6.04. The van der Waals surface area contributed by atoms with Crippen LogP contribution in [0.5, 0.6) is 5.75 Å². The molecule has 12 heteroatoms. The highest BCUT2D eigenvalue weighted by molar-refractivity contribution is 7.16. The molecule has 0 unspecified atom stereocenters. The van der Waals surface area contributed by atoms with E-state index in [9.17, 15) is 20.0 Å². The van der Waals surface area contributed by atoms with Gasteiger partial charge in [0.25, 0.3) is 5.69 Å². The number of thiazole rings is 1. The number of hydrazone groups is 1. The number of carboxylic acids is 1. The SMILES string of the molecule is CC.O=C(O)/C(Cc1ccccc1[N+](=O)[O-])=N/Nc1nc2c(s1)COc1c-2ccc(Cl)c1Cl. The van der Waals surface area contributed by atoms with Crippen molar-refractivity contribution in [1.82, 2.24) is 4.98 Å². The molecule has 0 aliphatic carbocycles. The molecule has 33 heavy (non-hydrogen) atoms. The molecular formula is C21H18Cl2N4O5S. The monoisotopic (exact) mass is 508 g/mol. The van der Waals surface area contributed by atoms with Crippen molar-refractivity contribution < 1.29 is 19.6 Å². The van der Waals surface area contributed by atoms with E-state index in [1.165, 1.54) is 29.5 Å². The summed E-state index contributed by atoms with van der Waals surface area (Å²) in [4.78, 5) is 27.5. The van der Waals surface area contributed by atoms with Gasteiger partial charge < -0.3 is 9.84 Å². The van der Waals surface area contributed by atoms with E-state index in [0.29, 0.717) is 32.2 Å². The number of hydrogen-bond acceptors (Lipinski definition) is 8. The first-order chi connectivity index (χ1) is 15.8. The molecule has 0 atom stereocenters. The van der Waals surface area contributed by atoms with Gasteiger partial charge in [0.15, 0.2) is 0 Å². The first kappa shape index (κ1) is 24.4. The highest BCUT2D eigenvalue weighted by atomic mass is 35.5. The average Bonchev–Trinajstić information content (AvgIpc) is 3.23. The van der Waals surface area contributed by atoms with Crippen LogP contribution in [0.1, 0.15) is 24.3 Å². The van der Waals surface area contributed by atoms with Crippen LogP contribution in [-0.2, 0) is 17.8 Å². The molecule has 0 radical (unpaired) electrons. The first-order valence-corrected chi connectivity index (χ1v) is 11.3. The molecule has 2 heterocycles. The summed E-state index contributed by atoms with van der Waals surface area (Å²) in [6, 6.07) is 9.29. The lowest BCUT2D eigenvalue weighted by Crippen LogP contribution is -2.18. The number of halogens is 2. The number of benzene rings is 2. The molecule has 3 aromatic rings. The fraction of sp³-hybridized carbons (Fsp3) is 0.190. The second-order valence-electron chi connectivity index (χ2n) is 6.36. The number of fused-ring (bicyclic) bond motifs is 3. The summed E-state index contributed by atoms with van der Waals surface area (Å²) in [5.74, 6) is -0.869. The van der Waals surface area contributed by atoms with Gasteiger partial charge in [-0.15, -0.1) is 0 Å². The minimum atomic E-state index is -1.30. The summed E-state index contributed by atoms with van der Waals surface area (Å²) in [5, 5.41) is 25.6. The van der Waals surface area contributed by atoms with Crippen molar-refractivity contribution in [3.63, 3.8) is 0 Å². The van der Waals surface area contributed by atoms with Crippen LogP contribution in [0.25, 0.3) is 11.3 Å². The lowest BCUT2D eigenvalue weighted by atomic mass is 10.1. The van der Waals surface area contributed by atoms with Crippen LogP contribution in [-0.4, -0.2) is 26.7 Å². The molecule has 172 valence electrons. The van der Waals surface area contributed by atoms with Gasteiger partial charge in [-0.05, 0) is 12.1 Å². The maximum Gasteiger partial charge on any atom is 0.352 e. The quantitative estimate of drug-likeness (QED) is 0.236. The molecule has 4 rings (SSSR count). The minimum Gasteiger partial charge on any atom is -0.486 e. The molecular weight excluding hydrogens is 491 g/mol. The number of hydrogen-bond donors (Lipinski definition) is 2. The summed E-state index contributed by atoms with van der Waals surface area (Å²) >= 11 is 13.5. The number of aliphatic carboxylic acids is 1. The normalized spacial score (nSPS) is 11.9. The second-order valence-corrected chi connectivity index (χ2v) is 8.22. The smallest absolute Gasteiger partial charge is 0.352 e. The van der Waals surface area contributed by atoms with Crippen molar-refractivity contribution in [2.75, 3.05) is 5.43 Å². The van der Waals surface area contributed by atoms with E-state index < -0.39 is 10.9 Å². The molecule has 9 nitrogen and oxygen atoms in total. The molecule has 1 aromatic heterocycles. The zero-order valence-electron chi connectivity index (χ0n) is 17.5. The van der Waals surface area contributed by atoms with Crippen molar-refractivity contribution in [3.8, 4) is 17.0 Å². The maximum absolute atomic E-state index is 11.6. The molecule has 1 aliphatic heterocycles. The number of para-hydroxylation sites is 1. The van der Waals surface area contributed by atoms with Crippen LogP contribution < -0.4 is 10.2 Å². The fourth-order valence-corrected chi connectivity index (χ4v) is 4.20. The van der Waals surface area contributed by atoms with Crippen molar-refractivity contribution in [3.05, 3.63) is 67.0 Å². The van der Waals surface area contributed by atoms with Crippen molar-refractivity contribution >= 4 is 57.0 Å². The van der Waals surface area contributed by atoms with E-state index in [-0.39, 0.29) is 30.0 Å². The van der Waals surface area contributed by atoms with Crippen LogP contribution in [0.4, 0.5) is 10.8 Å². The zero-order chi connectivity index (χ0) is 24.1. The molecule has 0 amide bonds. The summed E-state index contributed by atoms with van der Waals surface area (Å²) in [6.07, 6.45) is -0.232. The number of nitro groups is 1. The van der Waals surface area contributed by atoms with Crippen LogP contribution in [0.3, 0.4) is 0 Å². The second kappa shape index (κ2) is 10.6.